The van der Waals surface area contributed by atoms with Gasteiger partial charge in [0.05, 0.1) is 0 Å². The van der Waals surface area contributed by atoms with E-state index in [1.807, 2.05) is 5.57 Å². The quantitative estimate of drug-likeness (QED) is 0.446. The fourth-order valence-corrected chi connectivity index (χ4v) is 5.34. The molecule has 0 aromatic heterocycles. The van der Waals surface area contributed by atoms with Gasteiger partial charge in [-0.2, -0.15) is 0 Å². The van der Waals surface area contributed by atoms with Crippen LogP contribution in [0.5, 0.6) is 0 Å². The Bertz CT molecular complexity index is 349. The summed E-state index contributed by atoms with van der Waals surface area (Å²) in [4.78, 5) is 0. The van der Waals surface area contributed by atoms with Crippen LogP contribution in [0.1, 0.15) is 32.6 Å². The predicted octanol–water partition coefficient (Wildman–Crippen LogP) is 3.80. The summed E-state index contributed by atoms with van der Waals surface area (Å²) in [5, 5.41) is 0. The predicted molar refractivity (Wildman–Crippen MR) is 62.3 cm³/mol. The standard InChI is InChI=1S/C15H20/c1-2-3-9-6-12-8-13(9)15-11-5-4-10(7-11)14(12)15/h3-5,10-15H,2,6-8H2,1H3. The first kappa shape index (κ1) is 8.61. The highest BCUT2D eigenvalue weighted by Gasteiger charge is 2.59. The van der Waals surface area contributed by atoms with Gasteiger partial charge in [0.1, 0.15) is 0 Å². The minimum Gasteiger partial charge on any atom is -0.0853 e. The van der Waals surface area contributed by atoms with Gasteiger partial charge in [-0.15, -0.1) is 0 Å². The van der Waals surface area contributed by atoms with Crippen LogP contribution in [0.4, 0.5) is 0 Å². The van der Waals surface area contributed by atoms with Crippen LogP contribution >= 0.6 is 0 Å². The molecule has 6 atom stereocenters. The van der Waals surface area contributed by atoms with Crippen molar-refractivity contribution in [2.75, 3.05) is 0 Å². The van der Waals surface area contributed by atoms with Crippen molar-refractivity contribution in [2.45, 2.75) is 32.6 Å². The van der Waals surface area contributed by atoms with Crippen molar-refractivity contribution in [3.8, 4) is 0 Å². The van der Waals surface area contributed by atoms with Crippen LogP contribution in [0.3, 0.4) is 0 Å². The molecule has 0 saturated heterocycles. The molecular formula is C15H20. The molecule has 0 nitrogen and oxygen atoms in total. The molecule has 4 bridgehead atoms. The van der Waals surface area contributed by atoms with Crippen molar-refractivity contribution in [2.24, 2.45) is 35.5 Å². The van der Waals surface area contributed by atoms with Crippen LogP contribution in [-0.2, 0) is 0 Å². The lowest BCUT2D eigenvalue weighted by molar-refractivity contribution is 0.242. The molecule has 0 spiro atoms. The number of rotatable bonds is 1. The van der Waals surface area contributed by atoms with Gasteiger partial charge in [-0.1, -0.05) is 30.7 Å². The van der Waals surface area contributed by atoms with Gasteiger partial charge in [-0.3, -0.25) is 0 Å². The molecule has 0 aromatic carbocycles. The van der Waals surface area contributed by atoms with Gasteiger partial charge in [0.2, 0.25) is 0 Å². The van der Waals surface area contributed by atoms with Gasteiger partial charge in [-0.25, -0.2) is 0 Å². The second kappa shape index (κ2) is 2.78. The molecule has 0 heterocycles. The molecule has 0 aromatic rings. The molecule has 0 heteroatoms. The molecule has 80 valence electrons. The summed E-state index contributed by atoms with van der Waals surface area (Å²) in [6.07, 6.45) is 13.4. The van der Waals surface area contributed by atoms with E-state index in [1.54, 1.807) is 0 Å². The first-order valence-corrected chi connectivity index (χ1v) is 6.75. The zero-order valence-corrected chi connectivity index (χ0v) is 9.52. The zero-order valence-electron chi connectivity index (χ0n) is 9.52. The summed E-state index contributed by atoms with van der Waals surface area (Å²) in [5.74, 6) is 6.18. The molecule has 3 saturated carbocycles. The van der Waals surface area contributed by atoms with Crippen molar-refractivity contribution >= 4 is 0 Å². The van der Waals surface area contributed by atoms with Crippen LogP contribution < -0.4 is 0 Å². The van der Waals surface area contributed by atoms with Gasteiger partial charge >= 0.3 is 0 Å². The van der Waals surface area contributed by atoms with Crippen LogP contribution in [0, 0.1) is 35.5 Å². The average molecular weight is 200 g/mol. The molecule has 0 amide bonds. The lowest BCUT2D eigenvalue weighted by atomic mass is 9.71. The molecule has 4 rings (SSSR count). The molecule has 6 unspecified atom stereocenters. The number of allylic oxidation sites excluding steroid dienone is 4. The van der Waals surface area contributed by atoms with Crippen molar-refractivity contribution in [3.05, 3.63) is 23.8 Å². The fourth-order valence-electron chi connectivity index (χ4n) is 5.34. The molecular weight excluding hydrogens is 180 g/mol. The Morgan fingerprint density at radius 2 is 2.00 bits per heavy atom. The lowest BCUT2D eigenvalue weighted by Gasteiger charge is -2.33. The van der Waals surface area contributed by atoms with E-state index in [0.717, 1.165) is 35.5 Å². The third-order valence-corrected chi connectivity index (χ3v) is 5.59. The normalized spacial score (nSPS) is 57.0. The summed E-state index contributed by atoms with van der Waals surface area (Å²) in [5.41, 5.74) is 1.84. The summed E-state index contributed by atoms with van der Waals surface area (Å²) in [6, 6.07) is 0. The summed E-state index contributed by atoms with van der Waals surface area (Å²) < 4.78 is 0. The number of hydrogen-bond acceptors (Lipinski definition) is 0. The Kier molecular flexibility index (Phi) is 1.60. The zero-order chi connectivity index (χ0) is 9.99. The fraction of sp³-hybridized carbons (Fsp3) is 0.733. The largest absolute Gasteiger partial charge is 0.0853 e. The Morgan fingerprint density at radius 3 is 2.80 bits per heavy atom. The summed E-state index contributed by atoms with van der Waals surface area (Å²) >= 11 is 0. The van der Waals surface area contributed by atoms with E-state index >= 15 is 0 Å². The Labute approximate surface area is 92.4 Å². The van der Waals surface area contributed by atoms with Crippen LogP contribution in [0.15, 0.2) is 23.8 Å². The first-order chi connectivity index (χ1) is 7.38. The average Bonchev–Trinajstić information content (AvgIpc) is 2.95. The highest BCUT2D eigenvalue weighted by molar-refractivity contribution is 5.28. The van der Waals surface area contributed by atoms with E-state index < -0.39 is 0 Å². The molecule has 0 aliphatic heterocycles. The van der Waals surface area contributed by atoms with E-state index in [4.69, 9.17) is 0 Å². The van der Waals surface area contributed by atoms with Gasteiger partial charge < -0.3 is 0 Å². The summed E-state index contributed by atoms with van der Waals surface area (Å²) in [7, 11) is 0. The molecule has 15 heavy (non-hydrogen) atoms. The molecule has 4 aliphatic carbocycles. The van der Waals surface area contributed by atoms with E-state index in [-0.39, 0.29) is 0 Å². The molecule has 3 fully saturated rings. The second-order valence-electron chi connectivity index (χ2n) is 6.10. The third-order valence-electron chi connectivity index (χ3n) is 5.59. The van der Waals surface area contributed by atoms with E-state index in [0.29, 0.717) is 0 Å². The van der Waals surface area contributed by atoms with E-state index in [2.05, 4.69) is 25.2 Å². The maximum Gasteiger partial charge on any atom is -0.0163 e. The molecule has 0 N–H and O–H groups in total. The van der Waals surface area contributed by atoms with Crippen LogP contribution in [-0.4, -0.2) is 0 Å². The topological polar surface area (TPSA) is 0 Å². The van der Waals surface area contributed by atoms with Gasteiger partial charge in [0, 0.05) is 0 Å². The highest BCUT2D eigenvalue weighted by atomic mass is 14.6. The van der Waals surface area contributed by atoms with Gasteiger partial charge in [0.15, 0.2) is 0 Å². The van der Waals surface area contributed by atoms with Crippen LogP contribution in [0.2, 0.25) is 0 Å². The van der Waals surface area contributed by atoms with Crippen molar-refractivity contribution in [1.82, 2.24) is 0 Å². The number of fused-ring (bicyclic) bond motifs is 9. The first-order valence-electron chi connectivity index (χ1n) is 6.75. The van der Waals surface area contributed by atoms with E-state index in [9.17, 15) is 0 Å². The molecule has 4 aliphatic rings. The van der Waals surface area contributed by atoms with Crippen molar-refractivity contribution in [3.63, 3.8) is 0 Å². The van der Waals surface area contributed by atoms with Crippen molar-refractivity contribution < 1.29 is 0 Å². The second-order valence-corrected chi connectivity index (χ2v) is 6.10. The van der Waals surface area contributed by atoms with Gasteiger partial charge in [0.25, 0.3) is 0 Å². The Morgan fingerprint density at radius 1 is 1.20 bits per heavy atom. The smallest absolute Gasteiger partial charge is 0.0163 e. The summed E-state index contributed by atoms with van der Waals surface area (Å²) in [6.45, 7) is 2.29. The lowest BCUT2D eigenvalue weighted by Crippen LogP contribution is -2.27. The molecule has 0 radical (unpaired) electrons. The maximum absolute atomic E-state index is 2.54. The maximum atomic E-state index is 2.54. The minimum atomic E-state index is 0.968. The van der Waals surface area contributed by atoms with Gasteiger partial charge in [-0.05, 0) is 61.2 Å². The highest BCUT2D eigenvalue weighted by Crippen LogP contribution is 2.66. The third kappa shape index (κ3) is 0.940. The SMILES string of the molecule is CCC=C1CC2CC1C1C3C=CC(C3)C21. The monoisotopic (exact) mass is 200 g/mol. The minimum absolute atomic E-state index is 0.968. The number of hydrogen-bond donors (Lipinski definition) is 0. The van der Waals surface area contributed by atoms with Crippen molar-refractivity contribution in [1.29, 1.82) is 0 Å². The van der Waals surface area contributed by atoms with Crippen LogP contribution in [0.25, 0.3) is 0 Å². The Hall–Kier alpha value is -0.520. The van der Waals surface area contributed by atoms with E-state index in [1.165, 1.54) is 25.7 Å². The Balaban J connectivity index is 1.71.